The molecule has 0 aromatic heterocycles. The van der Waals surface area contributed by atoms with E-state index in [0.717, 1.165) is 43.9 Å². The predicted octanol–water partition coefficient (Wildman–Crippen LogP) is 4.35. The van der Waals surface area contributed by atoms with Gasteiger partial charge in [0.05, 0.1) is 16.7 Å². The molecule has 0 aliphatic carbocycles. The van der Waals surface area contributed by atoms with Crippen molar-refractivity contribution in [1.29, 1.82) is 0 Å². The fraction of sp³-hybridized carbons (Fsp3) is 0.435. The monoisotopic (exact) mass is 462 g/mol. The van der Waals surface area contributed by atoms with Crippen molar-refractivity contribution in [1.82, 2.24) is 4.90 Å². The Kier molecular flexibility index (Phi) is 6.71. The number of amides is 1. The summed E-state index contributed by atoms with van der Waals surface area (Å²) in [7, 11) is 0. The molecule has 10 heteroatoms. The van der Waals surface area contributed by atoms with E-state index < -0.39 is 28.3 Å². The average molecular weight is 462 g/mol. The Labute approximate surface area is 189 Å². The Morgan fingerprint density at radius 2 is 1.39 bits per heavy atom. The van der Waals surface area contributed by atoms with Crippen LogP contribution in [0.5, 0.6) is 0 Å². The highest BCUT2D eigenvalue weighted by Gasteiger charge is 2.29. The summed E-state index contributed by atoms with van der Waals surface area (Å²) < 4.78 is 41.5. The molecule has 1 amide bonds. The SMILES string of the molecule is O=C(c1ccc(F)c(F)c1)N1CCN(c2cc(N3CCCCCC3)c(F)cc2[N+](=O)[O-])CC1. The molecule has 2 aliphatic heterocycles. The van der Waals surface area contributed by atoms with Crippen molar-refractivity contribution < 1.29 is 22.9 Å². The second kappa shape index (κ2) is 9.68. The molecule has 0 atom stereocenters. The van der Waals surface area contributed by atoms with Gasteiger partial charge in [-0.1, -0.05) is 12.8 Å². The minimum atomic E-state index is -1.09. The molecule has 0 spiro atoms. The van der Waals surface area contributed by atoms with Crippen molar-refractivity contribution in [3.05, 3.63) is 63.5 Å². The van der Waals surface area contributed by atoms with Gasteiger partial charge in [-0.15, -0.1) is 0 Å². The molecule has 0 radical (unpaired) electrons. The Bertz CT molecular complexity index is 1050. The first-order valence-corrected chi connectivity index (χ1v) is 11.1. The van der Waals surface area contributed by atoms with Crippen LogP contribution in [0, 0.1) is 27.6 Å². The Hall–Kier alpha value is -3.30. The van der Waals surface area contributed by atoms with E-state index in [2.05, 4.69) is 0 Å². The number of piperazine rings is 1. The summed E-state index contributed by atoms with van der Waals surface area (Å²) in [6.07, 6.45) is 4.03. The van der Waals surface area contributed by atoms with E-state index in [-0.39, 0.29) is 24.3 Å². The number of nitro groups is 1. The number of rotatable bonds is 4. The van der Waals surface area contributed by atoms with Crippen LogP contribution in [0.25, 0.3) is 0 Å². The maximum atomic E-state index is 14.8. The lowest BCUT2D eigenvalue weighted by molar-refractivity contribution is -0.384. The van der Waals surface area contributed by atoms with Gasteiger partial charge in [-0.25, -0.2) is 13.2 Å². The van der Waals surface area contributed by atoms with Crippen molar-refractivity contribution in [2.24, 2.45) is 0 Å². The van der Waals surface area contributed by atoms with Gasteiger partial charge in [0, 0.05) is 44.8 Å². The summed E-state index contributed by atoms with van der Waals surface area (Å²) in [5.74, 6) is -3.17. The van der Waals surface area contributed by atoms with E-state index in [9.17, 15) is 28.1 Å². The Morgan fingerprint density at radius 3 is 2.00 bits per heavy atom. The molecule has 0 bridgehead atoms. The molecule has 0 saturated carbocycles. The van der Waals surface area contributed by atoms with E-state index >= 15 is 0 Å². The molecule has 176 valence electrons. The highest BCUT2D eigenvalue weighted by atomic mass is 19.2. The van der Waals surface area contributed by atoms with Crippen LogP contribution in [0.15, 0.2) is 30.3 Å². The molecule has 2 fully saturated rings. The molecule has 7 nitrogen and oxygen atoms in total. The maximum Gasteiger partial charge on any atom is 0.295 e. The van der Waals surface area contributed by atoms with Gasteiger partial charge < -0.3 is 14.7 Å². The van der Waals surface area contributed by atoms with Gasteiger partial charge in [-0.3, -0.25) is 14.9 Å². The lowest BCUT2D eigenvalue weighted by Crippen LogP contribution is -2.49. The van der Waals surface area contributed by atoms with Gasteiger partial charge in [-0.2, -0.15) is 0 Å². The standard InChI is InChI=1S/C23H25F3N4O3/c24-17-6-5-16(13-18(17)25)23(31)29-11-9-28(10-12-29)21-15-20(19(26)14-22(21)30(32)33)27-7-3-1-2-4-8-27/h5-6,13-15H,1-4,7-12H2. The van der Waals surface area contributed by atoms with Crippen molar-refractivity contribution in [3.63, 3.8) is 0 Å². The Balaban J connectivity index is 1.54. The molecule has 2 aromatic carbocycles. The fourth-order valence-electron chi connectivity index (χ4n) is 4.46. The molecule has 2 aromatic rings. The molecule has 0 N–H and O–H groups in total. The molecular weight excluding hydrogens is 437 g/mol. The minimum Gasteiger partial charge on any atom is -0.369 e. The lowest BCUT2D eigenvalue weighted by atomic mass is 10.1. The Morgan fingerprint density at radius 1 is 0.758 bits per heavy atom. The number of nitro benzene ring substituents is 1. The summed E-state index contributed by atoms with van der Waals surface area (Å²) >= 11 is 0. The van der Waals surface area contributed by atoms with Crippen LogP contribution in [0.3, 0.4) is 0 Å². The van der Waals surface area contributed by atoms with Crippen molar-refractivity contribution >= 4 is 23.0 Å². The number of nitrogens with zero attached hydrogens (tertiary/aromatic N) is 4. The molecule has 4 rings (SSSR count). The number of carbonyl (C=O) groups is 1. The van der Waals surface area contributed by atoms with Crippen LogP contribution in [0.4, 0.5) is 30.2 Å². The number of hydrogen-bond donors (Lipinski definition) is 0. The zero-order valence-corrected chi connectivity index (χ0v) is 18.1. The topological polar surface area (TPSA) is 69.9 Å². The van der Waals surface area contributed by atoms with Gasteiger partial charge in [0.2, 0.25) is 0 Å². The van der Waals surface area contributed by atoms with Crippen molar-refractivity contribution in [3.8, 4) is 0 Å². The summed E-state index contributed by atoms with van der Waals surface area (Å²) in [4.78, 5) is 28.9. The summed E-state index contributed by atoms with van der Waals surface area (Å²) in [6.45, 7) is 2.47. The number of halogens is 3. The summed E-state index contributed by atoms with van der Waals surface area (Å²) in [5, 5.41) is 11.6. The number of benzene rings is 2. The zero-order valence-electron chi connectivity index (χ0n) is 18.1. The second-order valence-electron chi connectivity index (χ2n) is 8.36. The number of hydrogen-bond acceptors (Lipinski definition) is 5. The van der Waals surface area contributed by atoms with Crippen LogP contribution < -0.4 is 9.80 Å². The van der Waals surface area contributed by atoms with Crippen LogP contribution in [0.2, 0.25) is 0 Å². The molecular formula is C23H25F3N4O3. The predicted molar refractivity (Wildman–Crippen MR) is 118 cm³/mol. The maximum absolute atomic E-state index is 14.8. The first kappa shape index (κ1) is 22.9. The minimum absolute atomic E-state index is 0.0403. The largest absolute Gasteiger partial charge is 0.369 e. The quantitative estimate of drug-likeness (QED) is 0.499. The van der Waals surface area contributed by atoms with Gasteiger partial charge in [0.25, 0.3) is 11.6 Å². The second-order valence-corrected chi connectivity index (χ2v) is 8.36. The van der Waals surface area contributed by atoms with Gasteiger partial charge in [0.1, 0.15) is 5.69 Å². The zero-order chi connectivity index (χ0) is 23.5. The third-order valence-electron chi connectivity index (χ3n) is 6.26. The normalized spacial score (nSPS) is 17.1. The fourth-order valence-corrected chi connectivity index (χ4v) is 4.46. The smallest absolute Gasteiger partial charge is 0.295 e. The van der Waals surface area contributed by atoms with Crippen molar-refractivity contribution in [2.45, 2.75) is 25.7 Å². The van der Waals surface area contributed by atoms with Crippen molar-refractivity contribution in [2.75, 3.05) is 49.1 Å². The van der Waals surface area contributed by atoms with E-state index in [0.29, 0.717) is 37.6 Å². The van der Waals surface area contributed by atoms with Gasteiger partial charge in [-0.05, 0) is 37.1 Å². The lowest BCUT2D eigenvalue weighted by Gasteiger charge is -2.36. The van der Waals surface area contributed by atoms with E-state index in [1.807, 2.05) is 4.90 Å². The summed E-state index contributed by atoms with van der Waals surface area (Å²) in [5.41, 5.74) is 0.406. The first-order chi connectivity index (χ1) is 15.8. The highest BCUT2D eigenvalue weighted by molar-refractivity contribution is 5.94. The van der Waals surface area contributed by atoms with Crippen LogP contribution >= 0.6 is 0 Å². The van der Waals surface area contributed by atoms with E-state index in [1.54, 1.807) is 11.0 Å². The van der Waals surface area contributed by atoms with Crippen LogP contribution in [-0.2, 0) is 0 Å². The third kappa shape index (κ3) is 4.89. The number of anilines is 2. The molecule has 2 saturated heterocycles. The van der Waals surface area contributed by atoms with E-state index in [1.165, 1.54) is 11.0 Å². The summed E-state index contributed by atoms with van der Waals surface area (Å²) in [6, 6.07) is 5.53. The van der Waals surface area contributed by atoms with E-state index in [4.69, 9.17) is 0 Å². The highest BCUT2D eigenvalue weighted by Crippen LogP contribution is 2.36. The van der Waals surface area contributed by atoms with Gasteiger partial charge in [0.15, 0.2) is 17.5 Å². The molecule has 2 aliphatic rings. The van der Waals surface area contributed by atoms with Crippen LogP contribution in [0.1, 0.15) is 36.0 Å². The molecule has 2 heterocycles. The van der Waals surface area contributed by atoms with Crippen LogP contribution in [-0.4, -0.2) is 55.0 Å². The third-order valence-corrected chi connectivity index (χ3v) is 6.26. The molecule has 33 heavy (non-hydrogen) atoms. The average Bonchev–Trinajstić information content (AvgIpc) is 3.10. The number of carbonyl (C=O) groups excluding carboxylic acids is 1. The molecule has 0 unspecified atom stereocenters. The van der Waals surface area contributed by atoms with Gasteiger partial charge >= 0.3 is 0 Å². The first-order valence-electron chi connectivity index (χ1n) is 11.1.